The van der Waals surface area contributed by atoms with E-state index in [0.29, 0.717) is 5.92 Å². The van der Waals surface area contributed by atoms with Gasteiger partial charge in [0.2, 0.25) is 0 Å². The second-order valence-corrected chi connectivity index (χ2v) is 4.17. The lowest BCUT2D eigenvalue weighted by Gasteiger charge is -2.05. The van der Waals surface area contributed by atoms with Gasteiger partial charge in [0.25, 0.3) is 0 Å². The summed E-state index contributed by atoms with van der Waals surface area (Å²) in [6, 6.07) is 9.38. The molecular weight excluding hydrogens is 198 g/mol. The first-order valence-electron chi connectivity index (χ1n) is 5.46. The lowest BCUT2D eigenvalue weighted by atomic mass is 9.96. The summed E-state index contributed by atoms with van der Waals surface area (Å²) < 4.78 is 0. The lowest BCUT2D eigenvalue weighted by Crippen LogP contribution is -2.03. The summed E-state index contributed by atoms with van der Waals surface area (Å²) in [6.45, 7) is 4.18. The highest BCUT2D eigenvalue weighted by Gasteiger charge is 2.15. The molecule has 0 saturated carbocycles. The first-order valence-corrected chi connectivity index (χ1v) is 5.46. The third-order valence-electron chi connectivity index (χ3n) is 2.68. The van der Waals surface area contributed by atoms with E-state index < -0.39 is 0 Å². The van der Waals surface area contributed by atoms with Crippen LogP contribution in [0.4, 0.5) is 0 Å². The Morgan fingerprint density at radius 1 is 1.12 bits per heavy atom. The molecule has 2 heteroatoms. The van der Waals surface area contributed by atoms with Gasteiger partial charge >= 0.3 is 0 Å². The molecule has 0 amide bonds. The van der Waals surface area contributed by atoms with Crippen LogP contribution < -0.4 is 0 Å². The van der Waals surface area contributed by atoms with Crippen LogP contribution >= 0.6 is 0 Å². The molecule has 0 radical (unpaired) electrons. The Morgan fingerprint density at radius 2 is 1.81 bits per heavy atom. The molecule has 0 bridgehead atoms. The molecule has 1 N–H and O–H groups in total. The maximum absolute atomic E-state index is 12.2. The van der Waals surface area contributed by atoms with Crippen molar-refractivity contribution in [3.05, 3.63) is 59.4 Å². The molecule has 0 saturated heterocycles. The summed E-state index contributed by atoms with van der Waals surface area (Å²) in [7, 11) is 0. The Hall–Kier alpha value is -1.83. The van der Waals surface area contributed by atoms with Crippen LogP contribution in [-0.4, -0.2) is 10.8 Å². The molecule has 0 aliphatic heterocycles. The Bertz CT molecular complexity index is 482. The molecule has 2 aromatic rings. The number of hydrogen-bond donors (Lipinski definition) is 1. The molecule has 2 nitrogen and oxygen atoms in total. The van der Waals surface area contributed by atoms with Crippen molar-refractivity contribution < 1.29 is 4.79 Å². The molecule has 0 aliphatic rings. The number of H-pyrrole nitrogens is 1. The highest BCUT2D eigenvalue weighted by atomic mass is 16.1. The average Bonchev–Trinajstić information content (AvgIpc) is 2.78. The minimum atomic E-state index is 0.0885. The molecule has 0 atom stereocenters. The number of rotatable bonds is 3. The molecule has 16 heavy (non-hydrogen) atoms. The van der Waals surface area contributed by atoms with Crippen LogP contribution in [0.5, 0.6) is 0 Å². The molecular formula is C14H15NO. The minimum Gasteiger partial charge on any atom is -0.367 e. The summed E-state index contributed by atoms with van der Waals surface area (Å²) in [5, 5.41) is 0. The van der Waals surface area contributed by atoms with Gasteiger partial charge < -0.3 is 4.98 Å². The highest BCUT2D eigenvalue weighted by Crippen LogP contribution is 2.21. The molecule has 1 heterocycles. The van der Waals surface area contributed by atoms with E-state index in [9.17, 15) is 4.79 Å². The fraction of sp³-hybridized carbons (Fsp3) is 0.214. The van der Waals surface area contributed by atoms with Crippen molar-refractivity contribution in [2.24, 2.45) is 0 Å². The Labute approximate surface area is 95.3 Å². The van der Waals surface area contributed by atoms with Crippen LogP contribution in [0, 0.1) is 0 Å². The van der Waals surface area contributed by atoms with Crippen LogP contribution in [-0.2, 0) is 0 Å². The SMILES string of the molecule is CC(C)c1c[nH]cc1C(=O)c1ccccc1. The number of benzene rings is 1. The summed E-state index contributed by atoms with van der Waals surface area (Å²) in [4.78, 5) is 15.2. The predicted octanol–water partition coefficient (Wildman–Crippen LogP) is 3.37. The zero-order valence-electron chi connectivity index (χ0n) is 9.53. The maximum atomic E-state index is 12.2. The van der Waals surface area contributed by atoms with Gasteiger partial charge in [-0.15, -0.1) is 0 Å². The first-order chi connectivity index (χ1) is 7.70. The molecule has 0 fully saturated rings. The Morgan fingerprint density at radius 3 is 2.44 bits per heavy atom. The number of carbonyl (C=O) groups is 1. The molecule has 1 aromatic carbocycles. The van der Waals surface area contributed by atoms with Crippen LogP contribution in [0.2, 0.25) is 0 Å². The second kappa shape index (κ2) is 4.35. The topological polar surface area (TPSA) is 32.9 Å². The number of carbonyl (C=O) groups excluding carboxylic acids is 1. The van der Waals surface area contributed by atoms with Crippen LogP contribution in [0.15, 0.2) is 42.7 Å². The smallest absolute Gasteiger partial charge is 0.194 e. The van der Waals surface area contributed by atoms with Crippen molar-refractivity contribution in [2.75, 3.05) is 0 Å². The van der Waals surface area contributed by atoms with E-state index in [1.54, 1.807) is 6.20 Å². The van der Waals surface area contributed by atoms with Crippen molar-refractivity contribution in [3.8, 4) is 0 Å². The third-order valence-corrected chi connectivity index (χ3v) is 2.68. The summed E-state index contributed by atoms with van der Waals surface area (Å²) in [6.07, 6.45) is 3.69. The Kier molecular flexibility index (Phi) is 2.91. The molecule has 0 spiro atoms. The summed E-state index contributed by atoms with van der Waals surface area (Å²) in [5.41, 5.74) is 2.60. The predicted molar refractivity (Wildman–Crippen MR) is 64.8 cm³/mol. The van der Waals surface area contributed by atoms with Crippen molar-refractivity contribution in [3.63, 3.8) is 0 Å². The van der Waals surface area contributed by atoms with Crippen LogP contribution in [0.25, 0.3) is 0 Å². The molecule has 1 aromatic heterocycles. The second-order valence-electron chi connectivity index (χ2n) is 4.17. The zero-order chi connectivity index (χ0) is 11.5. The third kappa shape index (κ3) is 1.91. The average molecular weight is 213 g/mol. The van der Waals surface area contributed by atoms with Gasteiger partial charge in [-0.05, 0) is 11.5 Å². The van der Waals surface area contributed by atoms with E-state index in [4.69, 9.17) is 0 Å². The van der Waals surface area contributed by atoms with Gasteiger partial charge in [0.05, 0.1) is 0 Å². The van der Waals surface area contributed by atoms with E-state index in [-0.39, 0.29) is 5.78 Å². The largest absolute Gasteiger partial charge is 0.367 e. The summed E-state index contributed by atoms with van der Waals surface area (Å²) in [5.74, 6) is 0.444. The van der Waals surface area contributed by atoms with Gasteiger partial charge in [0.15, 0.2) is 5.78 Å². The van der Waals surface area contributed by atoms with Crippen molar-refractivity contribution >= 4 is 5.78 Å². The van der Waals surface area contributed by atoms with Crippen molar-refractivity contribution in [1.29, 1.82) is 0 Å². The van der Waals surface area contributed by atoms with E-state index in [1.807, 2.05) is 36.5 Å². The highest BCUT2D eigenvalue weighted by molar-refractivity contribution is 6.09. The van der Waals surface area contributed by atoms with Gasteiger partial charge in [0.1, 0.15) is 0 Å². The number of nitrogens with one attached hydrogen (secondary N) is 1. The molecule has 2 rings (SSSR count). The fourth-order valence-electron chi connectivity index (χ4n) is 1.80. The van der Waals surface area contributed by atoms with Gasteiger partial charge in [0, 0.05) is 23.5 Å². The standard InChI is InChI=1S/C14H15NO/c1-10(2)12-8-15-9-13(12)14(16)11-6-4-3-5-7-11/h3-10,15H,1-2H3. The first kappa shape index (κ1) is 10.7. The van der Waals surface area contributed by atoms with E-state index in [1.165, 1.54) is 0 Å². The summed E-state index contributed by atoms with van der Waals surface area (Å²) >= 11 is 0. The Balaban J connectivity index is 2.39. The van der Waals surface area contributed by atoms with Crippen molar-refractivity contribution in [1.82, 2.24) is 4.98 Å². The lowest BCUT2D eigenvalue weighted by molar-refractivity contribution is 0.103. The van der Waals surface area contributed by atoms with Crippen LogP contribution in [0.3, 0.4) is 0 Å². The minimum absolute atomic E-state index is 0.0885. The maximum Gasteiger partial charge on any atom is 0.194 e. The monoisotopic (exact) mass is 213 g/mol. The molecule has 0 aliphatic carbocycles. The van der Waals surface area contributed by atoms with E-state index in [0.717, 1.165) is 16.7 Å². The number of aromatic amines is 1. The van der Waals surface area contributed by atoms with Gasteiger partial charge in [-0.1, -0.05) is 44.2 Å². The van der Waals surface area contributed by atoms with E-state index in [2.05, 4.69) is 18.8 Å². The molecule has 0 unspecified atom stereocenters. The molecule has 82 valence electrons. The van der Waals surface area contributed by atoms with Crippen molar-refractivity contribution in [2.45, 2.75) is 19.8 Å². The van der Waals surface area contributed by atoms with Gasteiger partial charge in [-0.2, -0.15) is 0 Å². The van der Waals surface area contributed by atoms with Gasteiger partial charge in [-0.25, -0.2) is 0 Å². The number of hydrogen-bond acceptors (Lipinski definition) is 1. The zero-order valence-corrected chi connectivity index (χ0v) is 9.53. The van der Waals surface area contributed by atoms with Crippen LogP contribution in [0.1, 0.15) is 41.3 Å². The fourth-order valence-corrected chi connectivity index (χ4v) is 1.80. The number of aromatic nitrogens is 1. The normalized spacial score (nSPS) is 10.7. The van der Waals surface area contributed by atoms with E-state index >= 15 is 0 Å². The number of ketones is 1. The quantitative estimate of drug-likeness (QED) is 0.779. The van der Waals surface area contributed by atoms with Gasteiger partial charge in [-0.3, -0.25) is 4.79 Å².